The van der Waals surface area contributed by atoms with Gasteiger partial charge in [-0.15, -0.1) is 0 Å². The fourth-order valence-corrected chi connectivity index (χ4v) is 4.30. The van der Waals surface area contributed by atoms with Gasteiger partial charge < -0.3 is 0 Å². The molecule has 1 aromatic heterocycles. The molecule has 0 aliphatic rings. The van der Waals surface area contributed by atoms with Gasteiger partial charge in [-0.1, -0.05) is 37.6 Å². The van der Waals surface area contributed by atoms with Crippen molar-refractivity contribution < 1.29 is 18.0 Å². The van der Waals surface area contributed by atoms with Crippen molar-refractivity contribution >= 4 is 33.4 Å². The van der Waals surface area contributed by atoms with Crippen molar-refractivity contribution in [3.8, 4) is 5.69 Å². The van der Waals surface area contributed by atoms with Gasteiger partial charge in [0.25, 0.3) is 11.8 Å². The first-order chi connectivity index (χ1) is 15.5. The molecule has 3 rings (SSSR count). The SMILES string of the molecule is CC(C)c1c(C(=O)NNC(=O)c2cccc(S(=O)(=O)N(C)C)c2)cnn1-c1cccc(Cl)c1. The summed E-state index contributed by atoms with van der Waals surface area (Å²) in [6.07, 6.45) is 1.42. The summed E-state index contributed by atoms with van der Waals surface area (Å²) in [6.45, 7) is 3.84. The Morgan fingerprint density at radius 3 is 2.33 bits per heavy atom. The van der Waals surface area contributed by atoms with Crippen LogP contribution in [0, 0.1) is 0 Å². The molecule has 0 saturated carbocycles. The van der Waals surface area contributed by atoms with Gasteiger partial charge in [0, 0.05) is 24.7 Å². The number of rotatable bonds is 6. The third kappa shape index (κ3) is 5.24. The predicted molar refractivity (Wildman–Crippen MR) is 125 cm³/mol. The van der Waals surface area contributed by atoms with Crippen LogP contribution in [0.15, 0.2) is 59.6 Å². The molecule has 33 heavy (non-hydrogen) atoms. The van der Waals surface area contributed by atoms with Crippen LogP contribution < -0.4 is 10.9 Å². The van der Waals surface area contributed by atoms with E-state index in [1.54, 1.807) is 22.9 Å². The van der Waals surface area contributed by atoms with Crippen molar-refractivity contribution in [3.63, 3.8) is 0 Å². The van der Waals surface area contributed by atoms with Crippen molar-refractivity contribution in [1.82, 2.24) is 24.9 Å². The topological polar surface area (TPSA) is 113 Å². The zero-order valence-corrected chi connectivity index (χ0v) is 20.1. The number of benzene rings is 2. The van der Waals surface area contributed by atoms with Crippen molar-refractivity contribution in [3.05, 3.63) is 76.6 Å². The van der Waals surface area contributed by atoms with E-state index in [2.05, 4.69) is 16.0 Å². The smallest absolute Gasteiger partial charge is 0.267 e. The first-order valence-electron chi connectivity index (χ1n) is 9.99. The van der Waals surface area contributed by atoms with Gasteiger partial charge in [-0.3, -0.25) is 20.4 Å². The molecular weight excluding hydrogens is 466 g/mol. The summed E-state index contributed by atoms with van der Waals surface area (Å²) < 4.78 is 27.3. The molecular formula is C22H24ClN5O4S. The second-order valence-corrected chi connectivity index (χ2v) is 10.3. The molecule has 0 atom stereocenters. The van der Waals surface area contributed by atoms with Gasteiger partial charge >= 0.3 is 0 Å². The van der Waals surface area contributed by atoms with E-state index in [0.717, 1.165) is 4.31 Å². The Bertz CT molecular complexity index is 1300. The molecule has 0 radical (unpaired) electrons. The van der Waals surface area contributed by atoms with Gasteiger partial charge in [-0.05, 0) is 42.3 Å². The summed E-state index contributed by atoms with van der Waals surface area (Å²) in [7, 11) is -0.902. The Morgan fingerprint density at radius 2 is 1.70 bits per heavy atom. The molecule has 3 aromatic rings. The third-order valence-corrected chi connectivity index (χ3v) is 6.86. The van der Waals surface area contributed by atoms with Crippen LogP contribution in [-0.4, -0.2) is 48.4 Å². The van der Waals surface area contributed by atoms with Crippen molar-refractivity contribution in [2.75, 3.05) is 14.1 Å². The Morgan fingerprint density at radius 1 is 1.03 bits per heavy atom. The summed E-state index contributed by atoms with van der Waals surface area (Å²) >= 11 is 6.09. The first-order valence-corrected chi connectivity index (χ1v) is 11.8. The molecule has 11 heteroatoms. The number of aromatic nitrogens is 2. The van der Waals surface area contributed by atoms with Crippen molar-refractivity contribution in [2.24, 2.45) is 0 Å². The fourth-order valence-electron chi connectivity index (χ4n) is 3.16. The number of carbonyl (C=O) groups excluding carboxylic acids is 2. The van der Waals surface area contributed by atoms with E-state index < -0.39 is 21.8 Å². The van der Waals surface area contributed by atoms with E-state index in [1.807, 2.05) is 19.9 Å². The summed E-state index contributed by atoms with van der Waals surface area (Å²) in [4.78, 5) is 25.3. The highest BCUT2D eigenvalue weighted by Crippen LogP contribution is 2.24. The summed E-state index contributed by atoms with van der Waals surface area (Å²) in [6, 6.07) is 12.6. The molecule has 0 aliphatic carbocycles. The van der Waals surface area contributed by atoms with Gasteiger partial charge in [0.1, 0.15) is 0 Å². The molecule has 0 bridgehead atoms. The number of hydrazine groups is 1. The van der Waals surface area contributed by atoms with E-state index in [0.29, 0.717) is 16.4 Å². The molecule has 2 amide bonds. The fraction of sp³-hybridized carbons (Fsp3) is 0.227. The molecule has 0 saturated heterocycles. The number of carbonyl (C=O) groups is 2. The van der Waals surface area contributed by atoms with Crippen molar-refractivity contribution in [2.45, 2.75) is 24.7 Å². The van der Waals surface area contributed by atoms with Gasteiger partial charge in [0.15, 0.2) is 0 Å². The van der Waals surface area contributed by atoms with Crippen molar-refractivity contribution in [1.29, 1.82) is 0 Å². The molecule has 2 N–H and O–H groups in total. The Labute approximate surface area is 197 Å². The number of hydrogen-bond donors (Lipinski definition) is 2. The highest BCUT2D eigenvalue weighted by atomic mass is 35.5. The van der Waals surface area contributed by atoms with Crippen LogP contribution in [0.4, 0.5) is 0 Å². The van der Waals surface area contributed by atoms with Gasteiger partial charge in [-0.2, -0.15) is 5.10 Å². The maximum atomic E-state index is 12.8. The average molecular weight is 490 g/mol. The van der Waals surface area contributed by atoms with Crippen LogP contribution in [0.2, 0.25) is 5.02 Å². The van der Waals surface area contributed by atoms with Gasteiger partial charge in [0.05, 0.1) is 28.0 Å². The van der Waals surface area contributed by atoms with Crippen LogP contribution in [0.3, 0.4) is 0 Å². The Kier molecular flexibility index (Phi) is 7.21. The van der Waals surface area contributed by atoms with E-state index in [1.165, 1.54) is 44.6 Å². The second-order valence-electron chi connectivity index (χ2n) is 7.71. The molecule has 0 spiro atoms. The number of hydrogen-bond acceptors (Lipinski definition) is 5. The number of nitrogens with zero attached hydrogens (tertiary/aromatic N) is 3. The molecule has 1 heterocycles. The molecule has 0 unspecified atom stereocenters. The largest absolute Gasteiger partial charge is 0.273 e. The zero-order valence-electron chi connectivity index (χ0n) is 18.5. The van der Waals surface area contributed by atoms with Crippen LogP contribution in [0.1, 0.15) is 46.2 Å². The monoisotopic (exact) mass is 489 g/mol. The molecule has 0 fully saturated rings. The van der Waals surface area contributed by atoms with E-state index >= 15 is 0 Å². The second kappa shape index (κ2) is 9.74. The quantitative estimate of drug-likeness (QED) is 0.517. The van der Waals surface area contributed by atoms with Crippen LogP contribution >= 0.6 is 11.6 Å². The molecule has 9 nitrogen and oxygen atoms in total. The Hall–Kier alpha value is -3.21. The highest BCUT2D eigenvalue weighted by Gasteiger charge is 2.22. The number of sulfonamides is 1. The number of nitrogens with one attached hydrogen (secondary N) is 2. The Balaban J connectivity index is 1.80. The molecule has 2 aromatic carbocycles. The normalized spacial score (nSPS) is 11.6. The zero-order chi connectivity index (χ0) is 24.3. The summed E-state index contributed by atoms with van der Waals surface area (Å²) in [5.41, 5.74) is 6.41. The molecule has 0 aliphatic heterocycles. The summed E-state index contributed by atoms with van der Waals surface area (Å²) in [5, 5.41) is 4.86. The lowest BCUT2D eigenvalue weighted by molar-refractivity contribution is 0.0846. The van der Waals surface area contributed by atoms with Gasteiger partial charge in [-0.25, -0.2) is 17.4 Å². The van der Waals surface area contributed by atoms with Crippen LogP contribution in [-0.2, 0) is 10.0 Å². The van der Waals surface area contributed by atoms with E-state index in [9.17, 15) is 18.0 Å². The first kappa shape index (κ1) is 24.4. The van der Waals surface area contributed by atoms with E-state index in [-0.39, 0.29) is 21.9 Å². The minimum absolute atomic E-state index is 0.0311. The van der Waals surface area contributed by atoms with Gasteiger partial charge in [0.2, 0.25) is 10.0 Å². The predicted octanol–water partition coefficient (Wildman–Crippen LogP) is 2.97. The number of halogens is 1. The lowest BCUT2D eigenvalue weighted by Crippen LogP contribution is -2.42. The maximum absolute atomic E-state index is 12.8. The summed E-state index contributed by atoms with van der Waals surface area (Å²) in [5.74, 6) is -1.28. The standard InChI is InChI=1S/C22H24ClN5O4S/c1-14(2)20-19(13-24-28(20)17-9-6-8-16(23)12-17)22(30)26-25-21(29)15-7-5-10-18(11-15)33(31,32)27(3)4/h5-14H,1-4H3,(H,25,29)(H,26,30). The highest BCUT2D eigenvalue weighted by molar-refractivity contribution is 7.89. The maximum Gasteiger partial charge on any atom is 0.273 e. The van der Waals surface area contributed by atoms with Crippen LogP contribution in [0.25, 0.3) is 5.69 Å². The minimum Gasteiger partial charge on any atom is -0.267 e. The average Bonchev–Trinajstić information content (AvgIpc) is 3.23. The molecule has 174 valence electrons. The number of amides is 2. The minimum atomic E-state index is -3.70. The van der Waals surface area contributed by atoms with Crippen LogP contribution in [0.5, 0.6) is 0 Å². The lowest BCUT2D eigenvalue weighted by atomic mass is 10.1. The third-order valence-electron chi connectivity index (χ3n) is 4.82. The van der Waals surface area contributed by atoms with E-state index in [4.69, 9.17) is 11.6 Å². The lowest BCUT2D eigenvalue weighted by Gasteiger charge is -2.14.